The SMILES string of the molecule is O=C(Nc1ccc(S(=O)(=O)Nc2ccc(Cl)cc2)cc1)c1ccc(NS(=O)(=O)c2ccccc2)cc1Cl. The molecule has 0 aliphatic carbocycles. The quantitative estimate of drug-likeness (QED) is 0.243. The van der Waals surface area contributed by atoms with Gasteiger partial charge >= 0.3 is 0 Å². The third-order valence-electron chi connectivity index (χ3n) is 5.04. The number of carbonyl (C=O) groups is 1. The van der Waals surface area contributed by atoms with Gasteiger partial charge in [-0.2, -0.15) is 0 Å². The first kappa shape index (κ1) is 26.5. The van der Waals surface area contributed by atoms with E-state index in [0.29, 0.717) is 16.4 Å². The zero-order valence-electron chi connectivity index (χ0n) is 18.9. The number of sulfonamides is 2. The number of rotatable bonds is 8. The Labute approximate surface area is 224 Å². The minimum Gasteiger partial charge on any atom is -0.322 e. The summed E-state index contributed by atoms with van der Waals surface area (Å²) in [4.78, 5) is 12.8. The summed E-state index contributed by atoms with van der Waals surface area (Å²) < 4.78 is 55.1. The van der Waals surface area contributed by atoms with Gasteiger partial charge in [-0.25, -0.2) is 16.8 Å². The van der Waals surface area contributed by atoms with E-state index in [1.165, 1.54) is 66.7 Å². The molecule has 0 aliphatic rings. The van der Waals surface area contributed by atoms with Crippen molar-refractivity contribution < 1.29 is 21.6 Å². The van der Waals surface area contributed by atoms with E-state index in [1.807, 2.05) is 0 Å². The van der Waals surface area contributed by atoms with Crippen LogP contribution in [0.15, 0.2) is 107 Å². The highest BCUT2D eigenvalue weighted by atomic mass is 35.5. The van der Waals surface area contributed by atoms with Crippen molar-refractivity contribution in [1.29, 1.82) is 0 Å². The van der Waals surface area contributed by atoms with E-state index in [2.05, 4.69) is 14.8 Å². The van der Waals surface area contributed by atoms with E-state index in [1.54, 1.807) is 30.3 Å². The van der Waals surface area contributed by atoms with Crippen LogP contribution in [0.4, 0.5) is 17.1 Å². The zero-order valence-corrected chi connectivity index (χ0v) is 22.0. The highest BCUT2D eigenvalue weighted by Gasteiger charge is 2.17. The first-order chi connectivity index (χ1) is 17.5. The Morgan fingerprint density at radius 1 is 0.595 bits per heavy atom. The lowest BCUT2D eigenvalue weighted by molar-refractivity contribution is 0.102. The molecule has 0 saturated heterocycles. The van der Waals surface area contributed by atoms with Gasteiger partial charge in [0.1, 0.15) is 0 Å². The Morgan fingerprint density at radius 2 is 1.11 bits per heavy atom. The van der Waals surface area contributed by atoms with E-state index in [0.717, 1.165) is 0 Å². The number of hydrogen-bond acceptors (Lipinski definition) is 5. The second-order valence-electron chi connectivity index (χ2n) is 7.70. The molecule has 0 unspecified atom stereocenters. The minimum atomic E-state index is -3.85. The molecule has 0 bridgehead atoms. The van der Waals surface area contributed by atoms with Crippen molar-refractivity contribution in [3.05, 3.63) is 113 Å². The van der Waals surface area contributed by atoms with Gasteiger partial charge in [-0.3, -0.25) is 14.2 Å². The zero-order chi connectivity index (χ0) is 26.6. The average Bonchev–Trinajstić information content (AvgIpc) is 2.86. The number of benzene rings is 4. The highest BCUT2D eigenvalue weighted by molar-refractivity contribution is 7.93. The molecule has 4 rings (SSSR count). The number of amides is 1. The molecule has 4 aromatic carbocycles. The van der Waals surface area contributed by atoms with E-state index in [4.69, 9.17) is 23.2 Å². The molecule has 0 heterocycles. The van der Waals surface area contributed by atoms with Gasteiger partial charge in [0.05, 0.1) is 26.1 Å². The van der Waals surface area contributed by atoms with Crippen LogP contribution >= 0.6 is 23.2 Å². The molecule has 0 fully saturated rings. The first-order valence-electron chi connectivity index (χ1n) is 10.6. The molecule has 0 radical (unpaired) electrons. The normalized spacial score (nSPS) is 11.5. The maximum Gasteiger partial charge on any atom is 0.261 e. The van der Waals surface area contributed by atoms with Crippen LogP contribution in [-0.4, -0.2) is 22.7 Å². The van der Waals surface area contributed by atoms with Gasteiger partial charge in [-0.1, -0.05) is 41.4 Å². The Morgan fingerprint density at radius 3 is 1.70 bits per heavy atom. The van der Waals surface area contributed by atoms with Crippen molar-refractivity contribution in [2.24, 2.45) is 0 Å². The number of hydrogen-bond donors (Lipinski definition) is 3. The third kappa shape index (κ3) is 6.60. The van der Waals surface area contributed by atoms with Gasteiger partial charge in [-0.15, -0.1) is 0 Å². The fourth-order valence-corrected chi connectivity index (χ4v) is 5.75. The van der Waals surface area contributed by atoms with Crippen molar-refractivity contribution in [3.63, 3.8) is 0 Å². The Kier molecular flexibility index (Phi) is 7.74. The lowest BCUT2D eigenvalue weighted by Crippen LogP contribution is -2.15. The van der Waals surface area contributed by atoms with E-state index in [-0.39, 0.29) is 26.1 Å². The average molecular weight is 576 g/mol. The van der Waals surface area contributed by atoms with Crippen LogP contribution in [0.1, 0.15) is 10.4 Å². The molecule has 8 nitrogen and oxygen atoms in total. The maximum absolute atomic E-state index is 12.7. The molecule has 0 spiro atoms. The van der Waals surface area contributed by atoms with Crippen LogP contribution in [0, 0.1) is 0 Å². The summed E-state index contributed by atoms with van der Waals surface area (Å²) in [5, 5.41) is 3.14. The second-order valence-corrected chi connectivity index (χ2v) is 11.9. The molecule has 3 N–H and O–H groups in total. The van der Waals surface area contributed by atoms with Crippen molar-refractivity contribution in [1.82, 2.24) is 0 Å². The molecular formula is C25H19Cl2N3O5S2. The van der Waals surface area contributed by atoms with Gasteiger partial charge in [0, 0.05) is 16.4 Å². The van der Waals surface area contributed by atoms with Gasteiger partial charge < -0.3 is 5.32 Å². The third-order valence-corrected chi connectivity index (χ3v) is 8.40. The molecule has 0 saturated carbocycles. The molecule has 190 valence electrons. The Balaban J connectivity index is 1.43. The summed E-state index contributed by atoms with van der Waals surface area (Å²) in [6.07, 6.45) is 0. The lowest BCUT2D eigenvalue weighted by atomic mass is 10.2. The molecule has 12 heteroatoms. The molecule has 0 atom stereocenters. The summed E-state index contributed by atoms with van der Waals surface area (Å²) in [5.41, 5.74) is 0.977. The number of halogens is 2. The number of nitrogens with one attached hydrogen (secondary N) is 3. The molecule has 0 aliphatic heterocycles. The fourth-order valence-electron chi connectivity index (χ4n) is 3.22. The van der Waals surface area contributed by atoms with Crippen LogP contribution < -0.4 is 14.8 Å². The van der Waals surface area contributed by atoms with Crippen molar-refractivity contribution >= 4 is 66.2 Å². The Bertz CT molecular complexity index is 1650. The summed E-state index contributed by atoms with van der Waals surface area (Å²) in [6.45, 7) is 0. The van der Waals surface area contributed by atoms with Crippen LogP contribution in [0.25, 0.3) is 0 Å². The number of anilines is 3. The second kappa shape index (κ2) is 10.8. The predicted octanol–water partition coefficient (Wildman–Crippen LogP) is 5.85. The van der Waals surface area contributed by atoms with Crippen molar-refractivity contribution in [2.75, 3.05) is 14.8 Å². The first-order valence-corrected chi connectivity index (χ1v) is 14.3. The molecular weight excluding hydrogens is 557 g/mol. The Hall–Kier alpha value is -3.57. The smallest absolute Gasteiger partial charge is 0.261 e. The lowest BCUT2D eigenvalue weighted by Gasteiger charge is -2.12. The topological polar surface area (TPSA) is 121 Å². The van der Waals surface area contributed by atoms with E-state index in [9.17, 15) is 21.6 Å². The van der Waals surface area contributed by atoms with Crippen molar-refractivity contribution in [3.8, 4) is 0 Å². The van der Waals surface area contributed by atoms with Gasteiger partial charge in [0.2, 0.25) is 0 Å². The summed E-state index contributed by atoms with van der Waals surface area (Å²) in [7, 11) is -7.67. The molecule has 0 aromatic heterocycles. The predicted molar refractivity (Wildman–Crippen MR) is 145 cm³/mol. The molecule has 4 aromatic rings. The van der Waals surface area contributed by atoms with Gasteiger partial charge in [-0.05, 0) is 78.9 Å². The van der Waals surface area contributed by atoms with E-state index >= 15 is 0 Å². The van der Waals surface area contributed by atoms with E-state index < -0.39 is 26.0 Å². The monoisotopic (exact) mass is 575 g/mol. The molecule has 1 amide bonds. The van der Waals surface area contributed by atoms with Crippen LogP contribution in [0.2, 0.25) is 10.0 Å². The van der Waals surface area contributed by atoms with Crippen LogP contribution in [0.5, 0.6) is 0 Å². The van der Waals surface area contributed by atoms with Crippen molar-refractivity contribution in [2.45, 2.75) is 9.79 Å². The minimum absolute atomic E-state index is 0.00599. The fraction of sp³-hybridized carbons (Fsp3) is 0. The molecule has 37 heavy (non-hydrogen) atoms. The van der Waals surface area contributed by atoms with Crippen LogP contribution in [-0.2, 0) is 20.0 Å². The summed E-state index contributed by atoms with van der Waals surface area (Å²) >= 11 is 12.1. The van der Waals surface area contributed by atoms with Gasteiger partial charge in [0.15, 0.2) is 0 Å². The largest absolute Gasteiger partial charge is 0.322 e. The number of carbonyl (C=O) groups excluding carboxylic acids is 1. The summed E-state index contributed by atoms with van der Waals surface area (Å²) in [6, 6.07) is 23.7. The summed E-state index contributed by atoms with van der Waals surface area (Å²) in [5.74, 6) is -0.558. The van der Waals surface area contributed by atoms with Crippen LogP contribution in [0.3, 0.4) is 0 Å². The maximum atomic E-state index is 12.7. The highest BCUT2D eigenvalue weighted by Crippen LogP contribution is 2.25. The standard InChI is InChI=1S/C25H19Cl2N3O5S2/c26-17-6-8-19(9-7-17)29-37(34,35)22-13-10-18(11-14-22)28-25(31)23-15-12-20(16-24(23)27)30-36(32,33)21-4-2-1-3-5-21/h1-16,29-30H,(H,28,31). The van der Waals surface area contributed by atoms with Gasteiger partial charge in [0.25, 0.3) is 26.0 Å².